The van der Waals surface area contributed by atoms with Gasteiger partial charge in [-0.1, -0.05) is 13.8 Å². The summed E-state index contributed by atoms with van der Waals surface area (Å²) in [6.07, 6.45) is -3.69. The highest BCUT2D eigenvalue weighted by molar-refractivity contribution is 5.91. The van der Waals surface area contributed by atoms with Gasteiger partial charge in [-0.2, -0.15) is 13.2 Å². The molecule has 112 valence electrons. The maximum atomic E-state index is 13.0. The van der Waals surface area contributed by atoms with Gasteiger partial charge in [-0.05, 0) is 32.8 Å². The summed E-state index contributed by atoms with van der Waals surface area (Å²) in [5, 5.41) is 0. The quantitative estimate of drug-likeness (QED) is 0.767. The maximum absolute atomic E-state index is 13.0. The Morgan fingerprint density at radius 1 is 1.25 bits per heavy atom. The van der Waals surface area contributed by atoms with Crippen molar-refractivity contribution in [3.8, 4) is 0 Å². The van der Waals surface area contributed by atoms with Crippen molar-refractivity contribution in [1.29, 1.82) is 0 Å². The van der Waals surface area contributed by atoms with E-state index in [0.717, 1.165) is 12.3 Å². The number of pyridine rings is 1. The fourth-order valence-corrected chi connectivity index (χ4v) is 1.52. The molecule has 0 bridgehead atoms. The predicted molar refractivity (Wildman–Crippen MR) is 68.5 cm³/mol. The van der Waals surface area contributed by atoms with Crippen LogP contribution in [0, 0.1) is 0 Å². The molecular formula is C14H18F3NO2. The van der Waals surface area contributed by atoms with Crippen LogP contribution in [0.4, 0.5) is 13.2 Å². The third kappa shape index (κ3) is 4.21. The van der Waals surface area contributed by atoms with Crippen LogP contribution in [0.5, 0.6) is 0 Å². The highest BCUT2D eigenvalue weighted by Gasteiger charge is 2.37. The highest BCUT2D eigenvalue weighted by atomic mass is 19.4. The van der Waals surface area contributed by atoms with E-state index in [2.05, 4.69) is 4.98 Å². The Labute approximate surface area is 116 Å². The topological polar surface area (TPSA) is 39.2 Å². The van der Waals surface area contributed by atoms with Crippen LogP contribution in [0.25, 0.3) is 0 Å². The number of halogens is 3. The van der Waals surface area contributed by atoms with Gasteiger partial charge in [0.05, 0.1) is 11.1 Å². The number of nitrogens with zero attached hydrogens (tertiary/aromatic N) is 1. The summed E-state index contributed by atoms with van der Waals surface area (Å²) >= 11 is 0. The molecular weight excluding hydrogens is 271 g/mol. The van der Waals surface area contributed by atoms with Crippen LogP contribution in [0.2, 0.25) is 0 Å². The van der Waals surface area contributed by atoms with E-state index in [1.165, 1.54) is 0 Å². The summed E-state index contributed by atoms with van der Waals surface area (Å²) in [4.78, 5) is 15.7. The Kier molecular flexibility index (Phi) is 4.46. The standard InChI is InChI=1S/C14H18F3NO2/c1-8(2)11-6-10(14(15,16)17)9(7-18-11)12(19)20-13(3,4)5/h6-8H,1-5H3. The van der Waals surface area contributed by atoms with Crippen molar-refractivity contribution in [2.24, 2.45) is 0 Å². The summed E-state index contributed by atoms with van der Waals surface area (Å²) in [6, 6.07) is 0.907. The minimum absolute atomic E-state index is 0.163. The lowest BCUT2D eigenvalue weighted by atomic mass is 10.0. The number of aromatic nitrogens is 1. The Balaban J connectivity index is 3.29. The number of carbonyl (C=O) groups excluding carboxylic acids is 1. The summed E-state index contributed by atoms with van der Waals surface area (Å²) < 4.78 is 44.1. The van der Waals surface area contributed by atoms with Crippen LogP contribution >= 0.6 is 0 Å². The molecule has 0 aliphatic rings. The molecule has 0 atom stereocenters. The van der Waals surface area contributed by atoms with Crippen LogP contribution in [0.3, 0.4) is 0 Å². The van der Waals surface area contributed by atoms with E-state index in [4.69, 9.17) is 4.74 Å². The van der Waals surface area contributed by atoms with E-state index in [1.54, 1.807) is 34.6 Å². The second-order valence-corrected chi connectivity index (χ2v) is 5.81. The van der Waals surface area contributed by atoms with Crippen LogP contribution < -0.4 is 0 Å². The lowest BCUT2D eigenvalue weighted by Crippen LogP contribution is -2.26. The summed E-state index contributed by atoms with van der Waals surface area (Å²) in [5.74, 6) is -1.18. The van der Waals surface area contributed by atoms with E-state index in [1.807, 2.05) is 0 Å². The van der Waals surface area contributed by atoms with Crippen LogP contribution in [0.1, 0.15) is 62.2 Å². The fourth-order valence-electron chi connectivity index (χ4n) is 1.52. The van der Waals surface area contributed by atoms with Crippen molar-refractivity contribution >= 4 is 5.97 Å². The summed E-state index contributed by atoms with van der Waals surface area (Å²) in [5.41, 5.74) is -2.15. The van der Waals surface area contributed by atoms with Gasteiger partial charge in [0.25, 0.3) is 0 Å². The van der Waals surface area contributed by atoms with E-state index >= 15 is 0 Å². The van der Waals surface area contributed by atoms with Crippen molar-refractivity contribution in [2.75, 3.05) is 0 Å². The van der Waals surface area contributed by atoms with Crippen molar-refractivity contribution < 1.29 is 22.7 Å². The first kappa shape index (κ1) is 16.5. The smallest absolute Gasteiger partial charge is 0.417 e. The molecule has 0 saturated carbocycles. The molecule has 1 aromatic heterocycles. The zero-order valence-corrected chi connectivity index (χ0v) is 12.1. The first-order valence-corrected chi connectivity index (χ1v) is 6.22. The van der Waals surface area contributed by atoms with Crippen LogP contribution in [-0.4, -0.2) is 16.6 Å². The number of hydrogen-bond donors (Lipinski definition) is 0. The molecule has 0 N–H and O–H groups in total. The number of alkyl halides is 3. The number of carbonyl (C=O) groups is 1. The third-order valence-corrected chi connectivity index (χ3v) is 2.44. The zero-order chi connectivity index (χ0) is 15.7. The number of esters is 1. The van der Waals surface area contributed by atoms with E-state index < -0.39 is 28.9 Å². The molecule has 0 aromatic carbocycles. The van der Waals surface area contributed by atoms with Gasteiger partial charge in [-0.15, -0.1) is 0 Å². The first-order chi connectivity index (χ1) is 8.92. The fraction of sp³-hybridized carbons (Fsp3) is 0.571. The van der Waals surface area contributed by atoms with E-state index in [9.17, 15) is 18.0 Å². The predicted octanol–water partition coefficient (Wildman–Crippen LogP) is 4.18. The molecule has 1 heterocycles. The number of rotatable bonds is 2. The average molecular weight is 289 g/mol. The van der Waals surface area contributed by atoms with Gasteiger partial charge < -0.3 is 4.74 Å². The first-order valence-electron chi connectivity index (χ1n) is 6.22. The van der Waals surface area contributed by atoms with Crippen LogP contribution in [-0.2, 0) is 10.9 Å². The third-order valence-electron chi connectivity index (χ3n) is 2.44. The largest absolute Gasteiger partial charge is 0.456 e. The second kappa shape index (κ2) is 5.42. The lowest BCUT2D eigenvalue weighted by Gasteiger charge is -2.21. The highest BCUT2D eigenvalue weighted by Crippen LogP contribution is 2.34. The van der Waals surface area contributed by atoms with Crippen molar-refractivity contribution in [1.82, 2.24) is 4.98 Å². The van der Waals surface area contributed by atoms with Crippen molar-refractivity contribution in [2.45, 2.75) is 52.3 Å². The Hall–Kier alpha value is -1.59. The molecule has 0 unspecified atom stereocenters. The molecule has 0 aliphatic carbocycles. The molecule has 1 aromatic rings. The normalized spacial score (nSPS) is 12.7. The molecule has 3 nitrogen and oxygen atoms in total. The molecule has 1 rings (SSSR count). The van der Waals surface area contributed by atoms with E-state index in [-0.39, 0.29) is 11.6 Å². The SMILES string of the molecule is CC(C)c1cc(C(F)(F)F)c(C(=O)OC(C)(C)C)cn1. The Morgan fingerprint density at radius 3 is 2.20 bits per heavy atom. The Morgan fingerprint density at radius 2 is 1.80 bits per heavy atom. The molecule has 20 heavy (non-hydrogen) atoms. The van der Waals surface area contributed by atoms with E-state index in [0.29, 0.717) is 0 Å². The lowest BCUT2D eigenvalue weighted by molar-refractivity contribution is -0.138. The average Bonchev–Trinajstić information content (AvgIpc) is 2.24. The zero-order valence-electron chi connectivity index (χ0n) is 12.1. The molecule has 0 fully saturated rings. The van der Waals surface area contributed by atoms with Gasteiger partial charge >= 0.3 is 12.1 Å². The monoisotopic (exact) mass is 289 g/mol. The number of ether oxygens (including phenoxy) is 1. The molecule has 0 saturated heterocycles. The van der Waals surface area contributed by atoms with Crippen molar-refractivity contribution in [3.05, 3.63) is 29.1 Å². The van der Waals surface area contributed by atoms with Gasteiger partial charge in [0, 0.05) is 11.9 Å². The summed E-state index contributed by atoms with van der Waals surface area (Å²) in [7, 11) is 0. The second-order valence-electron chi connectivity index (χ2n) is 5.81. The molecule has 0 radical (unpaired) electrons. The van der Waals surface area contributed by atoms with Crippen molar-refractivity contribution in [3.63, 3.8) is 0 Å². The molecule has 0 amide bonds. The van der Waals surface area contributed by atoms with Gasteiger partial charge in [0.2, 0.25) is 0 Å². The molecule has 0 spiro atoms. The molecule has 0 aliphatic heterocycles. The summed E-state index contributed by atoms with van der Waals surface area (Å²) in [6.45, 7) is 8.24. The van der Waals surface area contributed by atoms with Gasteiger partial charge in [-0.25, -0.2) is 4.79 Å². The maximum Gasteiger partial charge on any atom is 0.417 e. The van der Waals surface area contributed by atoms with Crippen LogP contribution in [0.15, 0.2) is 12.3 Å². The Bertz CT molecular complexity index is 502. The minimum atomic E-state index is -4.63. The van der Waals surface area contributed by atoms with Gasteiger partial charge in [-0.3, -0.25) is 4.98 Å². The van der Waals surface area contributed by atoms with Gasteiger partial charge in [0.15, 0.2) is 0 Å². The minimum Gasteiger partial charge on any atom is -0.456 e. The van der Waals surface area contributed by atoms with Gasteiger partial charge in [0.1, 0.15) is 5.60 Å². The number of hydrogen-bond acceptors (Lipinski definition) is 3. The molecule has 6 heteroatoms.